The molecular weight excluding hydrogens is 220 g/mol. The molecule has 6 heteroatoms. The molecule has 1 aromatic carbocycles. The number of aryl methyl sites for hydroxylation is 1. The fourth-order valence-electron chi connectivity index (χ4n) is 1.63. The van der Waals surface area contributed by atoms with Gasteiger partial charge in [-0.25, -0.2) is 4.68 Å². The van der Waals surface area contributed by atoms with Crippen molar-refractivity contribution >= 4 is 11.5 Å². The van der Waals surface area contributed by atoms with Crippen molar-refractivity contribution in [1.29, 1.82) is 0 Å². The van der Waals surface area contributed by atoms with Crippen LogP contribution in [0, 0.1) is 10.1 Å². The molecule has 1 aromatic heterocycles. The monoisotopic (exact) mass is 232 g/mol. The van der Waals surface area contributed by atoms with E-state index in [1.54, 1.807) is 22.9 Å². The first-order chi connectivity index (χ1) is 8.11. The predicted octanol–water partition coefficient (Wildman–Crippen LogP) is 1.93. The van der Waals surface area contributed by atoms with E-state index >= 15 is 0 Å². The number of aromatic nitrogens is 2. The van der Waals surface area contributed by atoms with Gasteiger partial charge in [0.05, 0.1) is 10.6 Å². The highest BCUT2D eigenvalue weighted by Crippen LogP contribution is 2.18. The number of nitrogens with zero attached hydrogens (tertiary/aromatic N) is 3. The maximum atomic E-state index is 10.5. The molecule has 0 saturated heterocycles. The van der Waals surface area contributed by atoms with Crippen LogP contribution < -0.4 is 5.73 Å². The molecular formula is C11H12N4O2. The molecule has 1 heterocycles. The minimum absolute atomic E-state index is 0.0620. The molecule has 0 fully saturated rings. The molecule has 0 unspecified atom stereocenters. The molecule has 0 saturated carbocycles. The second kappa shape index (κ2) is 4.25. The first-order valence-electron chi connectivity index (χ1n) is 5.21. The van der Waals surface area contributed by atoms with Crippen molar-refractivity contribution in [2.24, 2.45) is 0 Å². The van der Waals surface area contributed by atoms with E-state index < -0.39 is 4.92 Å². The third-order valence-electron chi connectivity index (χ3n) is 2.47. The lowest BCUT2D eigenvalue weighted by atomic mass is 10.2. The maximum Gasteiger partial charge on any atom is 0.269 e. The van der Waals surface area contributed by atoms with Gasteiger partial charge < -0.3 is 5.73 Å². The van der Waals surface area contributed by atoms with Gasteiger partial charge in [-0.2, -0.15) is 5.10 Å². The summed E-state index contributed by atoms with van der Waals surface area (Å²) in [6, 6.07) is 8.01. The molecule has 0 amide bonds. The van der Waals surface area contributed by atoms with Gasteiger partial charge in [0.2, 0.25) is 0 Å². The Morgan fingerprint density at radius 2 is 2.06 bits per heavy atom. The summed E-state index contributed by atoms with van der Waals surface area (Å²) in [7, 11) is 0. The number of rotatable bonds is 3. The molecule has 0 aliphatic rings. The van der Waals surface area contributed by atoms with Crippen LogP contribution in [0.4, 0.5) is 11.5 Å². The Morgan fingerprint density at radius 3 is 2.59 bits per heavy atom. The summed E-state index contributed by atoms with van der Waals surface area (Å²) in [6.45, 7) is 2.00. The summed E-state index contributed by atoms with van der Waals surface area (Å²) in [4.78, 5) is 10.1. The second-order valence-corrected chi connectivity index (χ2v) is 3.60. The summed E-state index contributed by atoms with van der Waals surface area (Å²) >= 11 is 0. The second-order valence-electron chi connectivity index (χ2n) is 3.60. The van der Waals surface area contributed by atoms with E-state index in [0.29, 0.717) is 5.82 Å². The van der Waals surface area contributed by atoms with E-state index in [1.165, 1.54) is 12.1 Å². The molecule has 0 atom stereocenters. The standard InChI is InChI=1S/C11H12N4O2/c1-2-8-7-11(12)13-14(8)9-3-5-10(6-4-9)15(16)17/h3-7H,2H2,1H3,(H2,12,13). The fourth-order valence-corrected chi connectivity index (χ4v) is 1.63. The van der Waals surface area contributed by atoms with Crippen LogP contribution in [0.2, 0.25) is 0 Å². The van der Waals surface area contributed by atoms with Crippen LogP contribution in [-0.4, -0.2) is 14.7 Å². The van der Waals surface area contributed by atoms with E-state index in [1.807, 2.05) is 6.92 Å². The number of hydrogen-bond donors (Lipinski definition) is 1. The number of nitro benzene ring substituents is 1. The normalized spacial score (nSPS) is 10.4. The molecule has 0 bridgehead atoms. The highest BCUT2D eigenvalue weighted by Gasteiger charge is 2.09. The Bertz CT molecular complexity index is 545. The molecule has 0 aliphatic heterocycles. The Hall–Kier alpha value is -2.37. The van der Waals surface area contributed by atoms with Crippen LogP contribution in [0.15, 0.2) is 30.3 Å². The van der Waals surface area contributed by atoms with Gasteiger partial charge >= 0.3 is 0 Å². The average molecular weight is 232 g/mol. The SMILES string of the molecule is CCc1cc(N)nn1-c1ccc([N+](=O)[O-])cc1. The number of non-ortho nitro benzene ring substituents is 1. The highest BCUT2D eigenvalue weighted by atomic mass is 16.6. The summed E-state index contributed by atoms with van der Waals surface area (Å²) in [5, 5.41) is 14.7. The van der Waals surface area contributed by atoms with Gasteiger partial charge in [0, 0.05) is 23.9 Å². The third-order valence-corrected chi connectivity index (χ3v) is 2.47. The van der Waals surface area contributed by atoms with Crippen LogP contribution in [0.3, 0.4) is 0 Å². The lowest BCUT2D eigenvalue weighted by molar-refractivity contribution is -0.384. The molecule has 0 radical (unpaired) electrons. The van der Waals surface area contributed by atoms with Crippen LogP contribution >= 0.6 is 0 Å². The predicted molar refractivity (Wildman–Crippen MR) is 64.0 cm³/mol. The van der Waals surface area contributed by atoms with E-state index in [0.717, 1.165) is 17.8 Å². The van der Waals surface area contributed by atoms with E-state index in [-0.39, 0.29) is 5.69 Å². The Balaban J connectivity index is 2.42. The van der Waals surface area contributed by atoms with Crippen LogP contribution in [-0.2, 0) is 6.42 Å². The Labute approximate surface area is 97.8 Å². The first kappa shape index (κ1) is 11.1. The molecule has 2 aromatic rings. The van der Waals surface area contributed by atoms with E-state index in [2.05, 4.69) is 5.10 Å². The molecule has 2 rings (SSSR count). The molecule has 2 N–H and O–H groups in total. The van der Waals surface area contributed by atoms with Crippen molar-refractivity contribution in [1.82, 2.24) is 9.78 Å². The van der Waals surface area contributed by atoms with E-state index in [4.69, 9.17) is 5.73 Å². The Kier molecular flexibility index (Phi) is 2.78. The number of nitrogens with two attached hydrogens (primary N) is 1. The largest absolute Gasteiger partial charge is 0.382 e. The fraction of sp³-hybridized carbons (Fsp3) is 0.182. The van der Waals surface area contributed by atoms with Crippen LogP contribution in [0.5, 0.6) is 0 Å². The lowest BCUT2D eigenvalue weighted by Gasteiger charge is -2.04. The van der Waals surface area contributed by atoms with Gasteiger partial charge in [-0.1, -0.05) is 6.92 Å². The zero-order valence-corrected chi connectivity index (χ0v) is 9.33. The van der Waals surface area contributed by atoms with Crippen LogP contribution in [0.1, 0.15) is 12.6 Å². The molecule has 0 spiro atoms. The van der Waals surface area contributed by atoms with Gasteiger partial charge in [0.1, 0.15) is 5.82 Å². The molecule has 6 nitrogen and oxygen atoms in total. The summed E-state index contributed by atoms with van der Waals surface area (Å²) < 4.78 is 1.69. The minimum atomic E-state index is -0.429. The van der Waals surface area contributed by atoms with E-state index in [9.17, 15) is 10.1 Å². The number of nitro groups is 1. The highest BCUT2D eigenvalue weighted by molar-refractivity contribution is 5.43. The summed E-state index contributed by atoms with van der Waals surface area (Å²) in [5.41, 5.74) is 7.43. The quantitative estimate of drug-likeness (QED) is 0.647. The van der Waals surface area contributed by atoms with Crippen molar-refractivity contribution < 1.29 is 4.92 Å². The van der Waals surface area contributed by atoms with Gasteiger partial charge in [0.15, 0.2) is 0 Å². The number of benzene rings is 1. The zero-order chi connectivity index (χ0) is 12.4. The molecule has 0 aliphatic carbocycles. The van der Waals surface area contributed by atoms with Crippen LogP contribution in [0.25, 0.3) is 5.69 Å². The number of nitrogen functional groups attached to an aromatic ring is 1. The first-order valence-corrected chi connectivity index (χ1v) is 5.21. The minimum Gasteiger partial charge on any atom is -0.382 e. The van der Waals surface area contributed by atoms with Crippen molar-refractivity contribution in [3.63, 3.8) is 0 Å². The number of hydrogen-bond acceptors (Lipinski definition) is 4. The zero-order valence-electron chi connectivity index (χ0n) is 9.33. The summed E-state index contributed by atoms with van der Waals surface area (Å²) in [6.07, 6.45) is 0.793. The topological polar surface area (TPSA) is 87.0 Å². The van der Waals surface area contributed by atoms with Gasteiger partial charge in [-0.15, -0.1) is 0 Å². The van der Waals surface area contributed by atoms with Crippen molar-refractivity contribution in [2.75, 3.05) is 5.73 Å². The lowest BCUT2D eigenvalue weighted by Crippen LogP contribution is -2.01. The van der Waals surface area contributed by atoms with Gasteiger partial charge in [-0.05, 0) is 18.6 Å². The smallest absolute Gasteiger partial charge is 0.269 e. The number of anilines is 1. The van der Waals surface area contributed by atoms with Gasteiger partial charge in [0.25, 0.3) is 5.69 Å². The van der Waals surface area contributed by atoms with Crippen molar-refractivity contribution in [3.05, 3.63) is 46.1 Å². The summed E-state index contributed by atoms with van der Waals surface area (Å²) in [5.74, 6) is 0.445. The Morgan fingerprint density at radius 1 is 1.41 bits per heavy atom. The van der Waals surface area contributed by atoms with Crippen molar-refractivity contribution in [2.45, 2.75) is 13.3 Å². The van der Waals surface area contributed by atoms with Crippen molar-refractivity contribution in [3.8, 4) is 5.69 Å². The third kappa shape index (κ3) is 2.10. The molecule has 17 heavy (non-hydrogen) atoms. The average Bonchev–Trinajstić information content (AvgIpc) is 2.70. The molecule has 88 valence electrons. The maximum absolute atomic E-state index is 10.5. The van der Waals surface area contributed by atoms with Gasteiger partial charge in [-0.3, -0.25) is 10.1 Å².